The SMILES string of the molecule is CC(C)(C)CCOCCOCCNC(=O)/C=C/Br. The molecule has 0 aliphatic heterocycles. The molecule has 0 fully saturated rings. The van der Waals surface area contributed by atoms with Crippen molar-refractivity contribution in [3.8, 4) is 0 Å². The Morgan fingerprint density at radius 1 is 1.17 bits per heavy atom. The maximum absolute atomic E-state index is 11.0. The van der Waals surface area contributed by atoms with Gasteiger partial charge < -0.3 is 14.8 Å². The lowest BCUT2D eigenvalue weighted by Crippen LogP contribution is -2.25. The van der Waals surface area contributed by atoms with E-state index in [2.05, 4.69) is 42.0 Å². The second-order valence-corrected chi connectivity index (χ2v) is 5.65. The summed E-state index contributed by atoms with van der Waals surface area (Å²) in [6, 6.07) is 0. The summed E-state index contributed by atoms with van der Waals surface area (Å²) in [6.45, 7) is 9.52. The summed E-state index contributed by atoms with van der Waals surface area (Å²) in [6.07, 6.45) is 2.46. The molecule has 0 saturated heterocycles. The summed E-state index contributed by atoms with van der Waals surface area (Å²) < 4.78 is 10.8. The van der Waals surface area contributed by atoms with E-state index in [1.54, 1.807) is 0 Å². The summed E-state index contributed by atoms with van der Waals surface area (Å²) in [5.41, 5.74) is 0.314. The van der Waals surface area contributed by atoms with E-state index in [9.17, 15) is 4.79 Å². The molecule has 0 bridgehead atoms. The van der Waals surface area contributed by atoms with Crippen LogP contribution < -0.4 is 5.32 Å². The predicted molar refractivity (Wildman–Crippen MR) is 76.8 cm³/mol. The molecule has 0 radical (unpaired) electrons. The summed E-state index contributed by atoms with van der Waals surface area (Å²) in [7, 11) is 0. The number of nitrogens with one attached hydrogen (secondary N) is 1. The minimum Gasteiger partial charge on any atom is -0.379 e. The fourth-order valence-electron chi connectivity index (χ4n) is 1.06. The highest BCUT2D eigenvalue weighted by Gasteiger charge is 2.08. The number of hydrogen-bond donors (Lipinski definition) is 1. The summed E-state index contributed by atoms with van der Waals surface area (Å²) in [5, 5.41) is 2.68. The Labute approximate surface area is 118 Å². The second kappa shape index (κ2) is 10.5. The Morgan fingerprint density at radius 3 is 2.33 bits per heavy atom. The molecule has 1 N–H and O–H groups in total. The fourth-order valence-corrected chi connectivity index (χ4v) is 1.30. The Hall–Kier alpha value is -0.390. The van der Waals surface area contributed by atoms with Gasteiger partial charge in [0.25, 0.3) is 0 Å². The van der Waals surface area contributed by atoms with Crippen LogP contribution in [0.15, 0.2) is 11.1 Å². The molecule has 0 aromatic rings. The predicted octanol–water partition coefficient (Wildman–Crippen LogP) is 2.48. The zero-order valence-electron chi connectivity index (χ0n) is 11.5. The number of hydrogen-bond acceptors (Lipinski definition) is 3. The zero-order valence-corrected chi connectivity index (χ0v) is 13.1. The maximum Gasteiger partial charge on any atom is 0.244 e. The molecule has 1 amide bonds. The van der Waals surface area contributed by atoms with Crippen LogP contribution in [0.1, 0.15) is 27.2 Å². The van der Waals surface area contributed by atoms with Gasteiger partial charge in [0.05, 0.1) is 19.8 Å². The average Bonchev–Trinajstić information content (AvgIpc) is 2.25. The van der Waals surface area contributed by atoms with Crippen LogP contribution in [0.25, 0.3) is 0 Å². The third-order valence-corrected chi connectivity index (χ3v) is 2.39. The lowest BCUT2D eigenvalue weighted by atomic mass is 9.93. The molecule has 0 heterocycles. The van der Waals surface area contributed by atoms with E-state index < -0.39 is 0 Å². The van der Waals surface area contributed by atoms with E-state index in [0.29, 0.717) is 31.8 Å². The third-order valence-electron chi connectivity index (χ3n) is 2.13. The van der Waals surface area contributed by atoms with Crippen molar-refractivity contribution < 1.29 is 14.3 Å². The largest absolute Gasteiger partial charge is 0.379 e. The number of halogens is 1. The van der Waals surface area contributed by atoms with Crippen LogP contribution in [-0.2, 0) is 14.3 Å². The fraction of sp³-hybridized carbons (Fsp3) is 0.769. The van der Waals surface area contributed by atoms with Crippen molar-refractivity contribution in [1.29, 1.82) is 0 Å². The van der Waals surface area contributed by atoms with Gasteiger partial charge >= 0.3 is 0 Å². The lowest BCUT2D eigenvalue weighted by Gasteiger charge is -2.17. The van der Waals surface area contributed by atoms with Gasteiger partial charge in [0.2, 0.25) is 5.91 Å². The van der Waals surface area contributed by atoms with E-state index in [1.165, 1.54) is 11.1 Å². The third kappa shape index (κ3) is 13.7. The van der Waals surface area contributed by atoms with Gasteiger partial charge in [-0.05, 0) is 16.8 Å². The Balaban J connectivity index is 3.19. The van der Waals surface area contributed by atoms with Gasteiger partial charge in [0, 0.05) is 19.2 Å². The molecule has 0 rings (SSSR count). The van der Waals surface area contributed by atoms with Crippen LogP contribution in [0.4, 0.5) is 0 Å². The van der Waals surface area contributed by atoms with E-state index in [-0.39, 0.29) is 5.91 Å². The van der Waals surface area contributed by atoms with Crippen molar-refractivity contribution in [2.24, 2.45) is 5.41 Å². The van der Waals surface area contributed by atoms with E-state index in [1.807, 2.05) is 0 Å². The van der Waals surface area contributed by atoms with Gasteiger partial charge in [-0.1, -0.05) is 36.7 Å². The van der Waals surface area contributed by atoms with Crippen molar-refractivity contribution in [1.82, 2.24) is 5.32 Å². The van der Waals surface area contributed by atoms with Gasteiger partial charge in [-0.2, -0.15) is 0 Å². The summed E-state index contributed by atoms with van der Waals surface area (Å²) in [5.74, 6) is -0.128. The number of rotatable bonds is 9. The zero-order chi connectivity index (χ0) is 13.9. The first-order valence-corrected chi connectivity index (χ1v) is 7.07. The highest BCUT2D eigenvalue weighted by atomic mass is 79.9. The molecule has 0 unspecified atom stereocenters. The highest BCUT2D eigenvalue weighted by molar-refractivity contribution is 9.11. The molecule has 0 saturated carbocycles. The lowest BCUT2D eigenvalue weighted by molar-refractivity contribution is -0.116. The minimum absolute atomic E-state index is 0.128. The van der Waals surface area contributed by atoms with Crippen molar-refractivity contribution >= 4 is 21.8 Å². The molecule has 106 valence electrons. The Kier molecular flexibility index (Phi) is 10.3. The average molecular weight is 322 g/mol. The van der Waals surface area contributed by atoms with Crippen molar-refractivity contribution in [3.63, 3.8) is 0 Å². The molecular weight excluding hydrogens is 298 g/mol. The monoisotopic (exact) mass is 321 g/mol. The van der Waals surface area contributed by atoms with Gasteiger partial charge in [0.15, 0.2) is 0 Å². The van der Waals surface area contributed by atoms with Crippen LogP contribution in [0.3, 0.4) is 0 Å². The highest BCUT2D eigenvalue weighted by Crippen LogP contribution is 2.17. The molecule has 5 heteroatoms. The molecule has 0 atom stereocenters. The van der Waals surface area contributed by atoms with E-state index in [0.717, 1.165) is 13.0 Å². The van der Waals surface area contributed by atoms with Crippen LogP contribution in [0.2, 0.25) is 0 Å². The van der Waals surface area contributed by atoms with Crippen LogP contribution in [0.5, 0.6) is 0 Å². The van der Waals surface area contributed by atoms with Gasteiger partial charge in [-0.15, -0.1) is 0 Å². The summed E-state index contributed by atoms with van der Waals surface area (Å²) >= 11 is 3.03. The quantitative estimate of drug-likeness (QED) is 0.524. The minimum atomic E-state index is -0.128. The van der Waals surface area contributed by atoms with Crippen molar-refractivity contribution in [2.75, 3.05) is 33.0 Å². The van der Waals surface area contributed by atoms with Gasteiger partial charge in [-0.25, -0.2) is 0 Å². The maximum atomic E-state index is 11.0. The summed E-state index contributed by atoms with van der Waals surface area (Å²) in [4.78, 5) is 12.5. The van der Waals surface area contributed by atoms with E-state index in [4.69, 9.17) is 9.47 Å². The standard InChI is InChI=1S/C13H24BrNO3/c1-13(2,3)5-8-17-10-11-18-9-7-15-12(16)4-6-14/h4,6H,5,7-11H2,1-3H3,(H,15,16)/b6-4+. The van der Waals surface area contributed by atoms with Gasteiger partial charge in [0.1, 0.15) is 0 Å². The number of carbonyl (C=O) groups excluding carboxylic acids is 1. The van der Waals surface area contributed by atoms with Crippen molar-refractivity contribution in [3.05, 3.63) is 11.1 Å². The second-order valence-electron chi connectivity index (χ2n) is 5.12. The number of ether oxygens (including phenoxy) is 2. The van der Waals surface area contributed by atoms with Gasteiger partial charge in [-0.3, -0.25) is 4.79 Å². The molecule has 0 spiro atoms. The molecule has 4 nitrogen and oxygen atoms in total. The topological polar surface area (TPSA) is 47.6 Å². The van der Waals surface area contributed by atoms with Crippen molar-refractivity contribution in [2.45, 2.75) is 27.2 Å². The molecule has 18 heavy (non-hydrogen) atoms. The van der Waals surface area contributed by atoms with Crippen LogP contribution >= 0.6 is 15.9 Å². The molecule has 0 aromatic carbocycles. The normalized spacial score (nSPS) is 12.0. The molecule has 0 aliphatic carbocycles. The number of carbonyl (C=O) groups is 1. The smallest absolute Gasteiger partial charge is 0.244 e. The first-order valence-electron chi connectivity index (χ1n) is 6.16. The molecule has 0 aliphatic rings. The first-order chi connectivity index (χ1) is 8.45. The van der Waals surface area contributed by atoms with E-state index >= 15 is 0 Å². The van der Waals surface area contributed by atoms with Crippen LogP contribution in [0, 0.1) is 5.41 Å². The Morgan fingerprint density at radius 2 is 1.78 bits per heavy atom. The number of amides is 1. The molecule has 0 aromatic heterocycles. The Bertz CT molecular complexity index is 249. The van der Waals surface area contributed by atoms with Crippen LogP contribution in [-0.4, -0.2) is 38.9 Å². The first kappa shape index (κ1) is 17.6. The molecular formula is C13H24BrNO3.